The van der Waals surface area contributed by atoms with Crippen molar-refractivity contribution in [3.63, 3.8) is 0 Å². The van der Waals surface area contributed by atoms with Gasteiger partial charge in [-0.15, -0.1) is 0 Å². The fourth-order valence-electron chi connectivity index (χ4n) is 7.82. The Bertz CT molecular complexity index is 1120. The highest BCUT2D eigenvalue weighted by atomic mass is 16.5. The Morgan fingerprint density at radius 2 is 1.94 bits per heavy atom. The molecule has 1 aliphatic heterocycles. The van der Waals surface area contributed by atoms with Gasteiger partial charge in [0.15, 0.2) is 5.78 Å². The molecule has 2 aromatic rings. The van der Waals surface area contributed by atoms with Crippen molar-refractivity contribution in [2.45, 2.75) is 83.0 Å². The van der Waals surface area contributed by atoms with Crippen molar-refractivity contribution in [2.24, 2.45) is 17.3 Å². The van der Waals surface area contributed by atoms with E-state index in [2.05, 4.69) is 43.1 Å². The number of aromatic nitrogens is 1. The van der Waals surface area contributed by atoms with Gasteiger partial charge in [-0.1, -0.05) is 32.0 Å². The number of fused-ring (bicyclic) bond motifs is 9. The summed E-state index contributed by atoms with van der Waals surface area (Å²) >= 11 is 0. The summed E-state index contributed by atoms with van der Waals surface area (Å²) in [6.45, 7) is 8.29. The lowest BCUT2D eigenvalue weighted by Crippen LogP contribution is -2.59. The molecule has 6 atom stereocenters. The third kappa shape index (κ3) is 2.41. The van der Waals surface area contributed by atoms with Gasteiger partial charge in [0.1, 0.15) is 6.10 Å². The van der Waals surface area contributed by atoms with Crippen molar-refractivity contribution in [1.29, 1.82) is 0 Å². The molecule has 1 aromatic heterocycles. The zero-order valence-electron chi connectivity index (χ0n) is 19.0. The first-order valence-electron chi connectivity index (χ1n) is 11.9. The topological polar surface area (TPSA) is 62.3 Å². The predicted molar refractivity (Wildman–Crippen MR) is 121 cm³/mol. The molecule has 0 radical (unpaired) electrons. The molecule has 0 bridgehead atoms. The number of aromatic amines is 1. The molecule has 4 heteroatoms. The summed E-state index contributed by atoms with van der Waals surface area (Å²) in [5.41, 5.74) is 4.36. The average Bonchev–Trinajstić information content (AvgIpc) is 3.22. The summed E-state index contributed by atoms with van der Waals surface area (Å²) in [5.74, 6) is 0.908. The highest BCUT2D eigenvalue weighted by Gasteiger charge is 2.64. The molecule has 1 aromatic carbocycles. The van der Waals surface area contributed by atoms with E-state index in [1.54, 1.807) is 13.8 Å². The van der Waals surface area contributed by atoms with E-state index in [1.807, 2.05) is 6.08 Å². The van der Waals surface area contributed by atoms with Crippen molar-refractivity contribution < 1.29 is 14.6 Å². The number of rotatable bonds is 1. The maximum absolute atomic E-state index is 12.9. The molecule has 2 saturated carbocycles. The van der Waals surface area contributed by atoms with Crippen LogP contribution in [0.2, 0.25) is 0 Å². The van der Waals surface area contributed by atoms with E-state index >= 15 is 0 Å². The first kappa shape index (κ1) is 19.8. The zero-order chi connectivity index (χ0) is 21.8. The molecule has 4 nitrogen and oxygen atoms in total. The summed E-state index contributed by atoms with van der Waals surface area (Å²) in [6, 6.07) is 8.71. The average molecular weight is 420 g/mol. The maximum atomic E-state index is 12.9. The highest BCUT2D eigenvalue weighted by Crippen LogP contribution is 2.67. The third-order valence-electron chi connectivity index (χ3n) is 9.57. The fourth-order valence-corrected chi connectivity index (χ4v) is 7.82. The van der Waals surface area contributed by atoms with Crippen molar-refractivity contribution in [3.8, 4) is 0 Å². The van der Waals surface area contributed by atoms with Gasteiger partial charge in [-0.3, -0.25) is 4.79 Å². The molecular weight excluding hydrogens is 386 g/mol. The van der Waals surface area contributed by atoms with Crippen molar-refractivity contribution in [3.05, 3.63) is 47.2 Å². The summed E-state index contributed by atoms with van der Waals surface area (Å²) in [7, 11) is 0. The lowest BCUT2D eigenvalue weighted by atomic mass is 9.44. The van der Waals surface area contributed by atoms with E-state index in [-0.39, 0.29) is 22.7 Å². The second kappa shape index (κ2) is 6.11. The Balaban J connectivity index is 1.46. The van der Waals surface area contributed by atoms with Crippen LogP contribution in [0.3, 0.4) is 0 Å². The molecular formula is C27H33NO3. The first-order valence-corrected chi connectivity index (χ1v) is 11.9. The Hall–Kier alpha value is -1.91. The van der Waals surface area contributed by atoms with Crippen LogP contribution in [0.15, 0.2) is 35.9 Å². The Morgan fingerprint density at radius 1 is 1.16 bits per heavy atom. The first-order chi connectivity index (χ1) is 14.6. The van der Waals surface area contributed by atoms with Gasteiger partial charge < -0.3 is 14.8 Å². The summed E-state index contributed by atoms with van der Waals surface area (Å²) in [4.78, 5) is 16.8. The van der Waals surface area contributed by atoms with Crippen LogP contribution in [0, 0.1) is 17.3 Å². The van der Waals surface area contributed by atoms with Gasteiger partial charge in [0, 0.05) is 22.0 Å². The summed E-state index contributed by atoms with van der Waals surface area (Å²) < 4.78 is 6.25. The quantitative estimate of drug-likeness (QED) is 0.695. The molecule has 3 aliphatic carbocycles. The van der Waals surface area contributed by atoms with Crippen molar-refractivity contribution in [1.82, 2.24) is 4.98 Å². The smallest absolute Gasteiger partial charge is 0.187 e. The number of carbonyl (C=O) groups excluding carboxylic acids is 1. The van der Waals surface area contributed by atoms with Gasteiger partial charge in [0.05, 0.1) is 11.7 Å². The van der Waals surface area contributed by atoms with Crippen LogP contribution in [0.5, 0.6) is 0 Å². The number of hydrogen-bond donors (Lipinski definition) is 2. The maximum Gasteiger partial charge on any atom is 0.187 e. The number of H-pyrrole nitrogens is 1. The van der Waals surface area contributed by atoms with Crippen molar-refractivity contribution in [2.75, 3.05) is 0 Å². The molecule has 0 spiro atoms. The summed E-state index contributed by atoms with van der Waals surface area (Å²) in [6.07, 6.45) is 6.48. The molecule has 4 aliphatic rings. The van der Waals surface area contributed by atoms with E-state index in [4.69, 9.17) is 4.74 Å². The molecule has 0 amide bonds. The predicted octanol–water partition coefficient (Wildman–Crippen LogP) is 4.84. The highest BCUT2D eigenvalue weighted by molar-refractivity contribution is 5.96. The van der Waals surface area contributed by atoms with Crippen LogP contribution in [0.25, 0.3) is 10.9 Å². The van der Waals surface area contributed by atoms with E-state index in [1.165, 1.54) is 34.2 Å². The minimum atomic E-state index is -1.16. The van der Waals surface area contributed by atoms with Crippen LogP contribution in [0.4, 0.5) is 0 Å². The van der Waals surface area contributed by atoms with Gasteiger partial charge in [-0.2, -0.15) is 0 Å². The molecule has 6 rings (SSSR count). The molecule has 31 heavy (non-hydrogen) atoms. The number of aliphatic hydroxyl groups is 1. The SMILES string of the molecule is CC(C)(O)[C@H]1OC2CC[C@@]3(C)C(CC[C@H]4Cc5c([nH]c6ccccc56)[C@@]43C)C2=CC1=O. The van der Waals surface area contributed by atoms with Gasteiger partial charge in [-0.25, -0.2) is 0 Å². The third-order valence-corrected chi connectivity index (χ3v) is 9.57. The fraction of sp³-hybridized carbons (Fsp3) is 0.593. The molecule has 2 N–H and O–H groups in total. The Kier molecular flexibility index (Phi) is 3.89. The van der Waals surface area contributed by atoms with E-state index in [0.29, 0.717) is 11.8 Å². The number of hydrogen-bond acceptors (Lipinski definition) is 3. The number of ether oxygens (including phenoxy) is 1. The van der Waals surface area contributed by atoms with E-state index in [0.717, 1.165) is 25.7 Å². The lowest BCUT2D eigenvalue weighted by molar-refractivity contribution is -0.161. The normalized spacial score (nSPS) is 39.5. The number of para-hydroxylation sites is 1. The molecule has 164 valence electrons. The second-order valence-electron chi connectivity index (χ2n) is 11.4. The monoisotopic (exact) mass is 419 g/mol. The largest absolute Gasteiger partial charge is 0.387 e. The molecule has 2 fully saturated rings. The minimum absolute atomic E-state index is 0.0454. The van der Waals surface area contributed by atoms with E-state index < -0.39 is 11.7 Å². The molecule has 0 saturated heterocycles. The van der Waals surface area contributed by atoms with Crippen LogP contribution < -0.4 is 0 Å². The summed E-state index contributed by atoms with van der Waals surface area (Å²) in [5, 5.41) is 11.8. The number of benzene rings is 1. The van der Waals surface area contributed by atoms with Gasteiger partial charge in [0.25, 0.3) is 0 Å². The number of carbonyl (C=O) groups is 1. The number of ketones is 1. The second-order valence-corrected chi connectivity index (χ2v) is 11.4. The number of nitrogens with one attached hydrogen (secondary N) is 1. The molecule has 2 heterocycles. The van der Waals surface area contributed by atoms with Gasteiger partial charge >= 0.3 is 0 Å². The Morgan fingerprint density at radius 3 is 2.71 bits per heavy atom. The standard InChI is InChI=1S/C27H33NO3/c1-25(2,30)24-21(29)14-18-19-10-9-15-13-17-16-7-5-6-8-20(16)28-23(17)27(15,4)26(19,3)12-11-22(18)31-24/h5-8,14-15,19,22,24,28,30H,9-13H2,1-4H3/t15-,19?,22?,24-,26-,27+/m0/s1. The van der Waals surface area contributed by atoms with Crippen molar-refractivity contribution >= 4 is 16.7 Å². The van der Waals surface area contributed by atoms with E-state index in [9.17, 15) is 9.90 Å². The van der Waals surface area contributed by atoms with Gasteiger partial charge in [0.2, 0.25) is 0 Å². The minimum Gasteiger partial charge on any atom is -0.387 e. The molecule has 2 unspecified atom stereocenters. The Labute approximate surface area is 184 Å². The lowest BCUT2D eigenvalue weighted by Gasteiger charge is -2.60. The van der Waals surface area contributed by atoms with Crippen LogP contribution in [-0.2, 0) is 21.4 Å². The van der Waals surface area contributed by atoms with Crippen LogP contribution in [0.1, 0.15) is 64.6 Å². The van der Waals surface area contributed by atoms with Crippen LogP contribution in [-0.4, -0.2) is 33.7 Å². The van der Waals surface area contributed by atoms with Crippen LogP contribution >= 0.6 is 0 Å². The van der Waals surface area contributed by atoms with Gasteiger partial charge in [-0.05, 0) is 86.5 Å². The zero-order valence-corrected chi connectivity index (χ0v) is 19.0.